The molecular formula is C22H22FN3O4. The number of aromatic hydroxyl groups is 1. The van der Waals surface area contributed by atoms with Gasteiger partial charge in [0.25, 0.3) is 5.91 Å². The molecule has 0 atom stereocenters. The molecule has 0 fully saturated rings. The summed E-state index contributed by atoms with van der Waals surface area (Å²) in [4.78, 5) is 21.1. The van der Waals surface area contributed by atoms with E-state index in [1.165, 1.54) is 7.11 Å². The number of aliphatic hydroxyl groups is 1. The number of aliphatic hydroxyl groups excluding tert-OH is 1. The van der Waals surface area contributed by atoms with E-state index in [-0.39, 0.29) is 23.4 Å². The number of nitrogens with one attached hydrogen (secondary N) is 1. The maximum atomic E-state index is 14.8. The van der Waals surface area contributed by atoms with E-state index in [1.807, 2.05) is 0 Å². The van der Waals surface area contributed by atoms with Crippen molar-refractivity contribution in [3.8, 4) is 22.9 Å². The Morgan fingerprint density at radius 2 is 1.93 bits per heavy atom. The van der Waals surface area contributed by atoms with Crippen molar-refractivity contribution in [2.45, 2.75) is 27.4 Å². The van der Waals surface area contributed by atoms with Crippen LogP contribution in [0.3, 0.4) is 0 Å². The van der Waals surface area contributed by atoms with Gasteiger partial charge >= 0.3 is 0 Å². The molecule has 2 aromatic heterocycles. The van der Waals surface area contributed by atoms with Gasteiger partial charge in [-0.25, -0.2) is 14.4 Å². The van der Waals surface area contributed by atoms with Crippen LogP contribution in [0, 0.1) is 26.6 Å². The number of carbonyl (C=O) groups is 1. The number of pyridine rings is 2. The standard InChI is InChI=1S/C22H22FN3O4/c1-11-5-6-17(25-18(11)10-27)14-8-19(28)15(7-16(14)23)21(29)26-20-12(2)9-24-22(30-4)13(20)3/h5-9,27-28H,10H2,1-4H3,(H,24,26,29). The lowest BCUT2D eigenvalue weighted by Crippen LogP contribution is -2.15. The monoisotopic (exact) mass is 411 g/mol. The summed E-state index contributed by atoms with van der Waals surface area (Å²) in [6.45, 7) is 4.99. The van der Waals surface area contributed by atoms with Crippen LogP contribution in [0.15, 0.2) is 30.5 Å². The molecule has 3 aromatic rings. The van der Waals surface area contributed by atoms with Crippen LogP contribution in [0.4, 0.5) is 10.1 Å². The van der Waals surface area contributed by atoms with Crippen molar-refractivity contribution in [2.75, 3.05) is 12.4 Å². The number of carbonyl (C=O) groups excluding carboxylic acids is 1. The van der Waals surface area contributed by atoms with Crippen LogP contribution in [-0.4, -0.2) is 33.2 Å². The first-order valence-corrected chi connectivity index (χ1v) is 9.18. The number of ether oxygens (including phenoxy) is 1. The molecule has 30 heavy (non-hydrogen) atoms. The van der Waals surface area contributed by atoms with Crippen molar-refractivity contribution in [1.82, 2.24) is 9.97 Å². The smallest absolute Gasteiger partial charge is 0.259 e. The minimum atomic E-state index is -0.723. The molecule has 3 rings (SSSR count). The number of halogens is 1. The molecule has 2 heterocycles. The van der Waals surface area contributed by atoms with Gasteiger partial charge in [-0.15, -0.1) is 0 Å². The van der Waals surface area contributed by atoms with Gasteiger partial charge in [0.05, 0.1) is 36.4 Å². The fourth-order valence-corrected chi connectivity index (χ4v) is 3.12. The zero-order chi connectivity index (χ0) is 22.0. The molecule has 0 aliphatic heterocycles. The van der Waals surface area contributed by atoms with E-state index < -0.39 is 17.5 Å². The van der Waals surface area contributed by atoms with Gasteiger partial charge in [-0.3, -0.25) is 4.79 Å². The van der Waals surface area contributed by atoms with E-state index >= 15 is 0 Å². The molecule has 0 saturated carbocycles. The van der Waals surface area contributed by atoms with Gasteiger partial charge < -0.3 is 20.3 Å². The zero-order valence-corrected chi connectivity index (χ0v) is 17.1. The Balaban J connectivity index is 1.97. The van der Waals surface area contributed by atoms with Crippen molar-refractivity contribution < 1.29 is 24.1 Å². The minimum absolute atomic E-state index is 0.0247. The third kappa shape index (κ3) is 3.95. The second-order valence-electron chi connectivity index (χ2n) is 6.87. The van der Waals surface area contributed by atoms with E-state index in [4.69, 9.17) is 4.74 Å². The Kier molecular flexibility index (Phi) is 5.98. The average Bonchev–Trinajstić information content (AvgIpc) is 2.73. The number of phenolic OH excluding ortho intramolecular Hbond substituents is 1. The van der Waals surface area contributed by atoms with Crippen LogP contribution >= 0.6 is 0 Å². The number of hydrogen-bond acceptors (Lipinski definition) is 6. The number of rotatable bonds is 5. The van der Waals surface area contributed by atoms with Crippen LogP contribution in [0.5, 0.6) is 11.6 Å². The number of methoxy groups -OCH3 is 1. The number of benzene rings is 1. The molecule has 1 aromatic carbocycles. The molecule has 1 amide bonds. The van der Waals surface area contributed by atoms with Gasteiger partial charge in [-0.2, -0.15) is 0 Å². The molecule has 7 nitrogen and oxygen atoms in total. The molecule has 156 valence electrons. The number of aromatic nitrogens is 2. The summed E-state index contributed by atoms with van der Waals surface area (Å²) in [5.74, 6) is -1.44. The molecule has 0 aliphatic rings. The summed E-state index contributed by atoms with van der Waals surface area (Å²) in [5, 5.41) is 22.5. The first-order valence-electron chi connectivity index (χ1n) is 9.18. The molecule has 0 spiro atoms. The van der Waals surface area contributed by atoms with Crippen LogP contribution < -0.4 is 10.1 Å². The lowest BCUT2D eigenvalue weighted by atomic mass is 10.0. The highest BCUT2D eigenvalue weighted by Gasteiger charge is 2.20. The number of aryl methyl sites for hydroxylation is 2. The fraction of sp³-hybridized carbons (Fsp3) is 0.227. The van der Waals surface area contributed by atoms with Gasteiger partial charge in [0.1, 0.15) is 11.6 Å². The Morgan fingerprint density at radius 1 is 1.20 bits per heavy atom. The predicted molar refractivity (Wildman–Crippen MR) is 110 cm³/mol. The largest absolute Gasteiger partial charge is 0.507 e. The van der Waals surface area contributed by atoms with Crippen LogP contribution in [-0.2, 0) is 6.61 Å². The summed E-state index contributed by atoms with van der Waals surface area (Å²) < 4.78 is 20.0. The van der Waals surface area contributed by atoms with Gasteiger partial charge in [0.15, 0.2) is 0 Å². The number of phenols is 1. The van der Waals surface area contributed by atoms with E-state index in [2.05, 4.69) is 15.3 Å². The number of hydrogen-bond donors (Lipinski definition) is 3. The van der Waals surface area contributed by atoms with Crippen molar-refractivity contribution in [3.05, 3.63) is 64.2 Å². The normalized spacial score (nSPS) is 10.7. The third-order valence-electron chi connectivity index (χ3n) is 4.85. The van der Waals surface area contributed by atoms with Crippen LogP contribution in [0.1, 0.15) is 32.7 Å². The summed E-state index contributed by atoms with van der Waals surface area (Å²) in [5.41, 5.74) is 3.00. The van der Waals surface area contributed by atoms with Gasteiger partial charge in [-0.1, -0.05) is 6.07 Å². The fourth-order valence-electron chi connectivity index (χ4n) is 3.12. The Hall–Kier alpha value is -3.52. The van der Waals surface area contributed by atoms with Crippen LogP contribution in [0.2, 0.25) is 0 Å². The van der Waals surface area contributed by atoms with Gasteiger partial charge in [0.2, 0.25) is 5.88 Å². The van der Waals surface area contributed by atoms with E-state index in [0.717, 1.165) is 17.7 Å². The summed E-state index contributed by atoms with van der Waals surface area (Å²) in [6.07, 6.45) is 1.55. The lowest BCUT2D eigenvalue weighted by molar-refractivity contribution is 0.102. The topological polar surface area (TPSA) is 105 Å². The van der Waals surface area contributed by atoms with E-state index in [0.29, 0.717) is 28.4 Å². The Bertz CT molecular complexity index is 1130. The number of nitrogens with zero attached hydrogens (tertiary/aromatic N) is 2. The molecule has 8 heteroatoms. The average molecular weight is 411 g/mol. The zero-order valence-electron chi connectivity index (χ0n) is 17.1. The first kappa shape index (κ1) is 21.2. The maximum Gasteiger partial charge on any atom is 0.259 e. The van der Waals surface area contributed by atoms with Crippen molar-refractivity contribution in [1.29, 1.82) is 0 Å². The molecule has 0 radical (unpaired) electrons. The van der Waals surface area contributed by atoms with Gasteiger partial charge in [-0.05, 0) is 50.1 Å². The third-order valence-corrected chi connectivity index (χ3v) is 4.85. The maximum absolute atomic E-state index is 14.8. The molecule has 0 bridgehead atoms. The molecule has 0 aliphatic carbocycles. The Labute approximate surface area is 173 Å². The quantitative estimate of drug-likeness (QED) is 0.592. The molecule has 3 N–H and O–H groups in total. The highest BCUT2D eigenvalue weighted by Crippen LogP contribution is 2.31. The second-order valence-corrected chi connectivity index (χ2v) is 6.87. The van der Waals surface area contributed by atoms with Crippen LogP contribution in [0.25, 0.3) is 11.3 Å². The molecular weight excluding hydrogens is 389 g/mol. The predicted octanol–water partition coefficient (Wildman–Crippen LogP) is 3.67. The lowest BCUT2D eigenvalue weighted by Gasteiger charge is -2.15. The highest BCUT2D eigenvalue weighted by atomic mass is 19.1. The summed E-state index contributed by atoms with van der Waals surface area (Å²) in [7, 11) is 1.47. The minimum Gasteiger partial charge on any atom is -0.507 e. The summed E-state index contributed by atoms with van der Waals surface area (Å²) in [6, 6.07) is 5.40. The van der Waals surface area contributed by atoms with Crippen molar-refractivity contribution in [3.63, 3.8) is 0 Å². The molecule has 0 saturated heterocycles. The molecule has 0 unspecified atom stereocenters. The van der Waals surface area contributed by atoms with E-state index in [9.17, 15) is 19.4 Å². The SMILES string of the molecule is COc1ncc(C)c(NC(=O)c2cc(F)c(-c3ccc(C)c(CO)n3)cc2O)c1C. The number of anilines is 1. The number of amides is 1. The first-order chi connectivity index (χ1) is 14.3. The highest BCUT2D eigenvalue weighted by molar-refractivity contribution is 6.07. The van der Waals surface area contributed by atoms with Gasteiger partial charge in [0, 0.05) is 17.3 Å². The van der Waals surface area contributed by atoms with Crippen molar-refractivity contribution in [2.24, 2.45) is 0 Å². The second kappa shape index (κ2) is 8.46. The van der Waals surface area contributed by atoms with E-state index in [1.54, 1.807) is 39.1 Å². The van der Waals surface area contributed by atoms with Crippen molar-refractivity contribution >= 4 is 11.6 Å². The summed E-state index contributed by atoms with van der Waals surface area (Å²) >= 11 is 0. The Morgan fingerprint density at radius 3 is 2.60 bits per heavy atom.